The molecule has 5 nitrogen and oxygen atoms in total. The van der Waals surface area contributed by atoms with Crippen molar-refractivity contribution < 1.29 is 9.53 Å². The Balaban J connectivity index is 2.39. The molecule has 0 unspecified atom stereocenters. The molecule has 0 bridgehead atoms. The molecular weight excluding hydrogens is 242 g/mol. The lowest BCUT2D eigenvalue weighted by Crippen LogP contribution is -2.08. The van der Waals surface area contributed by atoms with Gasteiger partial charge < -0.3 is 10.5 Å². The summed E-state index contributed by atoms with van der Waals surface area (Å²) in [5.74, 6) is 2.00. The van der Waals surface area contributed by atoms with Crippen LogP contribution < -0.4 is 5.73 Å². The van der Waals surface area contributed by atoms with E-state index in [0.29, 0.717) is 0 Å². The number of benzene rings is 1. The van der Waals surface area contributed by atoms with E-state index in [1.807, 2.05) is 18.2 Å². The van der Waals surface area contributed by atoms with Gasteiger partial charge in [0.1, 0.15) is 0 Å². The van der Waals surface area contributed by atoms with Crippen LogP contribution in [0.25, 0.3) is 5.69 Å². The van der Waals surface area contributed by atoms with Crippen molar-refractivity contribution in [2.24, 2.45) is 0 Å². The Labute approximate surface area is 111 Å². The number of esters is 1. The van der Waals surface area contributed by atoms with Crippen molar-refractivity contribution >= 4 is 11.7 Å². The second-order valence-electron chi connectivity index (χ2n) is 3.79. The minimum atomic E-state index is -0.535. The number of carbonyl (C=O) groups excluding carboxylic acids is 1. The number of rotatable bonds is 3. The molecule has 0 spiro atoms. The van der Waals surface area contributed by atoms with Crippen LogP contribution in [0, 0.1) is 12.3 Å². The molecule has 1 heterocycles. The van der Waals surface area contributed by atoms with Gasteiger partial charge in [-0.1, -0.05) is 12.0 Å². The van der Waals surface area contributed by atoms with Crippen LogP contribution >= 0.6 is 0 Å². The maximum atomic E-state index is 11.6. The van der Waals surface area contributed by atoms with Crippen LogP contribution in [-0.2, 0) is 4.74 Å². The number of anilines is 1. The van der Waals surface area contributed by atoms with Gasteiger partial charge in [0, 0.05) is 5.56 Å². The van der Waals surface area contributed by atoms with Crippen LogP contribution in [0.1, 0.15) is 23.0 Å². The van der Waals surface area contributed by atoms with Gasteiger partial charge in [0.2, 0.25) is 0 Å². The largest absolute Gasteiger partial charge is 0.461 e. The van der Waals surface area contributed by atoms with Crippen LogP contribution in [0.3, 0.4) is 0 Å². The minimum absolute atomic E-state index is 0.105. The van der Waals surface area contributed by atoms with Crippen molar-refractivity contribution in [3.8, 4) is 18.0 Å². The van der Waals surface area contributed by atoms with Crippen LogP contribution in [0.2, 0.25) is 0 Å². The Hall–Kier alpha value is -2.74. The summed E-state index contributed by atoms with van der Waals surface area (Å²) >= 11 is 0. The third-order valence-corrected chi connectivity index (χ3v) is 2.49. The quantitative estimate of drug-likeness (QED) is 0.668. The number of hydrogen-bond donors (Lipinski definition) is 1. The van der Waals surface area contributed by atoms with E-state index in [9.17, 15) is 4.79 Å². The van der Waals surface area contributed by atoms with Crippen molar-refractivity contribution in [1.29, 1.82) is 0 Å². The Bertz CT molecular complexity index is 653. The van der Waals surface area contributed by atoms with Gasteiger partial charge in [-0.15, -0.1) is 6.42 Å². The fourth-order valence-electron chi connectivity index (χ4n) is 1.62. The molecule has 0 aliphatic heterocycles. The molecule has 0 atom stereocenters. The molecule has 0 fully saturated rings. The van der Waals surface area contributed by atoms with Gasteiger partial charge in [-0.25, -0.2) is 9.48 Å². The lowest BCUT2D eigenvalue weighted by Gasteiger charge is -2.01. The summed E-state index contributed by atoms with van der Waals surface area (Å²) in [5.41, 5.74) is 7.59. The molecule has 5 heteroatoms. The summed E-state index contributed by atoms with van der Waals surface area (Å²) in [4.78, 5) is 11.6. The molecule has 1 aromatic carbocycles. The van der Waals surface area contributed by atoms with E-state index >= 15 is 0 Å². The first kappa shape index (κ1) is 12.7. The monoisotopic (exact) mass is 255 g/mol. The number of hydrogen-bond acceptors (Lipinski definition) is 4. The number of ether oxygens (including phenoxy) is 1. The number of nitrogens with zero attached hydrogens (tertiary/aromatic N) is 2. The second-order valence-corrected chi connectivity index (χ2v) is 3.79. The van der Waals surface area contributed by atoms with Gasteiger partial charge in [-0.05, 0) is 25.1 Å². The number of aromatic nitrogens is 2. The van der Waals surface area contributed by atoms with Gasteiger partial charge >= 0.3 is 5.97 Å². The summed E-state index contributed by atoms with van der Waals surface area (Å²) in [6.45, 7) is 2.00. The molecule has 0 amide bonds. The molecule has 2 N–H and O–H groups in total. The Kier molecular flexibility index (Phi) is 3.53. The van der Waals surface area contributed by atoms with Crippen molar-refractivity contribution in [3.63, 3.8) is 0 Å². The lowest BCUT2D eigenvalue weighted by atomic mass is 10.2. The SMILES string of the molecule is C#Cc1cccc(-n2cc(N)c(C(=O)OCC)n2)c1. The van der Waals surface area contributed by atoms with E-state index in [0.717, 1.165) is 11.3 Å². The standard InChI is InChI=1S/C14H13N3O2/c1-3-10-6-5-7-11(8-10)17-9-12(15)13(16-17)14(18)19-4-2/h1,5-9H,4,15H2,2H3. The maximum Gasteiger partial charge on any atom is 0.361 e. The predicted molar refractivity (Wildman–Crippen MR) is 71.9 cm³/mol. The van der Waals surface area contributed by atoms with Crippen molar-refractivity contribution in [2.45, 2.75) is 6.92 Å². The molecule has 1 aromatic heterocycles. The van der Waals surface area contributed by atoms with Crippen LogP contribution in [0.4, 0.5) is 5.69 Å². The molecule has 96 valence electrons. The molecule has 0 radical (unpaired) electrons. The van der Waals surface area contributed by atoms with Crippen LogP contribution in [-0.4, -0.2) is 22.4 Å². The van der Waals surface area contributed by atoms with E-state index in [-0.39, 0.29) is 18.0 Å². The van der Waals surface area contributed by atoms with E-state index < -0.39 is 5.97 Å². The highest BCUT2D eigenvalue weighted by molar-refractivity contribution is 5.92. The molecule has 0 saturated heterocycles. The van der Waals surface area contributed by atoms with E-state index in [2.05, 4.69) is 11.0 Å². The van der Waals surface area contributed by atoms with Gasteiger partial charge in [-0.3, -0.25) is 0 Å². The van der Waals surface area contributed by atoms with E-state index in [1.54, 1.807) is 19.2 Å². The average Bonchev–Trinajstić information content (AvgIpc) is 2.81. The van der Waals surface area contributed by atoms with E-state index in [1.165, 1.54) is 4.68 Å². The first-order chi connectivity index (χ1) is 9.15. The summed E-state index contributed by atoms with van der Waals surface area (Å²) < 4.78 is 6.38. The summed E-state index contributed by atoms with van der Waals surface area (Å²) in [6.07, 6.45) is 6.90. The third-order valence-electron chi connectivity index (χ3n) is 2.49. The number of nitrogen functional groups attached to an aromatic ring is 1. The fraction of sp³-hybridized carbons (Fsp3) is 0.143. The lowest BCUT2D eigenvalue weighted by molar-refractivity contribution is 0.0520. The highest BCUT2D eigenvalue weighted by Gasteiger charge is 2.16. The highest BCUT2D eigenvalue weighted by atomic mass is 16.5. The number of carbonyl (C=O) groups is 1. The Morgan fingerprint density at radius 2 is 2.37 bits per heavy atom. The summed E-state index contributed by atoms with van der Waals surface area (Å²) in [6, 6.07) is 7.22. The zero-order valence-corrected chi connectivity index (χ0v) is 10.5. The van der Waals surface area contributed by atoms with Crippen LogP contribution in [0.15, 0.2) is 30.5 Å². The third kappa shape index (κ3) is 2.58. The normalized spacial score (nSPS) is 9.89. The average molecular weight is 255 g/mol. The summed E-state index contributed by atoms with van der Waals surface area (Å²) in [7, 11) is 0. The van der Waals surface area contributed by atoms with Crippen molar-refractivity contribution in [1.82, 2.24) is 9.78 Å². The van der Waals surface area contributed by atoms with Crippen molar-refractivity contribution in [3.05, 3.63) is 41.7 Å². The predicted octanol–water partition coefficient (Wildman–Crippen LogP) is 1.61. The molecule has 19 heavy (non-hydrogen) atoms. The molecular formula is C14H13N3O2. The zero-order chi connectivity index (χ0) is 13.8. The molecule has 2 aromatic rings. The maximum absolute atomic E-state index is 11.6. The van der Waals surface area contributed by atoms with Gasteiger partial charge in [0.15, 0.2) is 5.69 Å². The Morgan fingerprint density at radius 3 is 3.05 bits per heavy atom. The molecule has 0 aliphatic rings. The Morgan fingerprint density at radius 1 is 1.58 bits per heavy atom. The molecule has 0 saturated carbocycles. The minimum Gasteiger partial charge on any atom is -0.461 e. The van der Waals surface area contributed by atoms with Crippen molar-refractivity contribution in [2.75, 3.05) is 12.3 Å². The fourth-order valence-corrected chi connectivity index (χ4v) is 1.62. The number of nitrogens with two attached hydrogens (primary N) is 1. The highest BCUT2D eigenvalue weighted by Crippen LogP contribution is 2.16. The number of terminal acetylenes is 1. The van der Waals surface area contributed by atoms with Crippen LogP contribution in [0.5, 0.6) is 0 Å². The smallest absolute Gasteiger partial charge is 0.361 e. The first-order valence-electron chi connectivity index (χ1n) is 5.75. The van der Waals surface area contributed by atoms with Gasteiger partial charge in [0.05, 0.1) is 24.2 Å². The van der Waals surface area contributed by atoms with Gasteiger partial charge in [0.25, 0.3) is 0 Å². The first-order valence-corrected chi connectivity index (χ1v) is 5.75. The van der Waals surface area contributed by atoms with Gasteiger partial charge in [-0.2, -0.15) is 5.10 Å². The molecule has 2 rings (SSSR count). The summed E-state index contributed by atoms with van der Waals surface area (Å²) in [5, 5.41) is 4.12. The topological polar surface area (TPSA) is 70.1 Å². The zero-order valence-electron chi connectivity index (χ0n) is 10.5. The molecule has 0 aliphatic carbocycles. The second kappa shape index (κ2) is 5.27. The van der Waals surface area contributed by atoms with E-state index in [4.69, 9.17) is 16.9 Å².